The maximum Gasteiger partial charge on any atom is 0.335 e. The number of hydrogen-bond acceptors (Lipinski definition) is 4. The van der Waals surface area contributed by atoms with Gasteiger partial charge in [0.25, 0.3) is 0 Å². The van der Waals surface area contributed by atoms with Crippen LogP contribution in [0.3, 0.4) is 0 Å². The zero-order chi connectivity index (χ0) is 22.3. The molecule has 0 amide bonds. The molecule has 0 aliphatic heterocycles. The fraction of sp³-hybridized carbons (Fsp3) is 0.217. The van der Waals surface area contributed by atoms with Crippen molar-refractivity contribution >= 4 is 44.6 Å². The van der Waals surface area contributed by atoms with E-state index in [0.717, 1.165) is 18.4 Å². The number of nitrogens with zero attached hydrogens (tertiary/aromatic N) is 1. The van der Waals surface area contributed by atoms with E-state index < -0.39 is 15.8 Å². The zero-order valence-electron chi connectivity index (χ0n) is 16.2. The Balaban J connectivity index is 1.81. The van der Waals surface area contributed by atoms with E-state index in [1.807, 2.05) is 6.07 Å². The Labute approximate surface area is 190 Å². The van der Waals surface area contributed by atoms with E-state index in [1.54, 1.807) is 24.3 Å². The first-order chi connectivity index (χ1) is 14.7. The van der Waals surface area contributed by atoms with Gasteiger partial charge in [0.2, 0.25) is 0 Å². The van der Waals surface area contributed by atoms with E-state index >= 15 is 0 Å². The van der Waals surface area contributed by atoms with Crippen molar-refractivity contribution in [1.29, 1.82) is 5.26 Å². The maximum atomic E-state index is 13.5. The molecule has 0 spiro atoms. The van der Waals surface area contributed by atoms with Crippen LogP contribution in [0.25, 0.3) is 5.57 Å². The van der Waals surface area contributed by atoms with Gasteiger partial charge in [-0.2, -0.15) is 5.26 Å². The monoisotopic (exact) mass is 473 g/mol. The quantitative estimate of drug-likeness (QED) is 0.582. The summed E-state index contributed by atoms with van der Waals surface area (Å²) in [4.78, 5) is 11.5. The summed E-state index contributed by atoms with van der Waals surface area (Å²) < 4.78 is 27.0. The molecule has 8 heteroatoms. The molecule has 1 saturated carbocycles. The second-order valence-electron chi connectivity index (χ2n) is 7.67. The second kappa shape index (κ2) is 8.16. The van der Waals surface area contributed by atoms with Crippen LogP contribution >= 0.6 is 23.2 Å². The Bertz CT molecular complexity index is 1320. The summed E-state index contributed by atoms with van der Waals surface area (Å²) in [5.74, 6) is -1.45. The van der Waals surface area contributed by atoms with Gasteiger partial charge in [-0.3, -0.25) is 0 Å². The van der Waals surface area contributed by atoms with Crippen LogP contribution in [-0.4, -0.2) is 19.5 Å². The minimum Gasteiger partial charge on any atom is -0.478 e. The number of rotatable bonds is 6. The van der Waals surface area contributed by atoms with E-state index in [2.05, 4.69) is 0 Å². The van der Waals surface area contributed by atoms with Gasteiger partial charge in [-0.05, 0) is 71.4 Å². The van der Waals surface area contributed by atoms with Crippen molar-refractivity contribution in [2.24, 2.45) is 0 Å². The molecule has 0 heterocycles. The molecular weight excluding hydrogens is 457 g/mol. The Kier molecular flexibility index (Phi) is 5.69. The first-order valence-corrected chi connectivity index (χ1v) is 12.0. The van der Waals surface area contributed by atoms with Crippen LogP contribution < -0.4 is 0 Å². The predicted molar refractivity (Wildman–Crippen MR) is 119 cm³/mol. The third-order valence-electron chi connectivity index (χ3n) is 5.44. The molecule has 2 aliphatic carbocycles. The van der Waals surface area contributed by atoms with Crippen molar-refractivity contribution in [3.8, 4) is 6.07 Å². The lowest BCUT2D eigenvalue weighted by Gasteiger charge is -2.15. The summed E-state index contributed by atoms with van der Waals surface area (Å²) in [7, 11) is -3.90. The molecule has 0 bridgehead atoms. The molecule has 0 unspecified atom stereocenters. The lowest BCUT2D eigenvalue weighted by atomic mass is 9.98. The number of sulfone groups is 1. The Hall–Kier alpha value is -2.59. The maximum absolute atomic E-state index is 13.5. The summed E-state index contributed by atoms with van der Waals surface area (Å²) in [5.41, 5.74) is 2.59. The number of aromatic carboxylic acids is 1. The van der Waals surface area contributed by atoms with Crippen LogP contribution in [0.15, 0.2) is 52.4 Å². The van der Waals surface area contributed by atoms with Crippen molar-refractivity contribution in [3.63, 3.8) is 0 Å². The molecule has 2 aromatic rings. The van der Waals surface area contributed by atoms with E-state index in [9.17, 15) is 23.6 Å². The van der Waals surface area contributed by atoms with Gasteiger partial charge in [-0.25, -0.2) is 13.2 Å². The average Bonchev–Trinajstić information content (AvgIpc) is 3.49. The topological polar surface area (TPSA) is 95.2 Å². The van der Waals surface area contributed by atoms with Gasteiger partial charge in [-0.15, -0.1) is 0 Å². The number of benzene rings is 2. The summed E-state index contributed by atoms with van der Waals surface area (Å²) >= 11 is 12.3. The molecular formula is C23H17Cl2NO4S. The fourth-order valence-corrected chi connectivity index (χ4v) is 5.87. The lowest BCUT2D eigenvalue weighted by Crippen LogP contribution is -2.11. The first kappa shape index (κ1) is 21.6. The van der Waals surface area contributed by atoms with E-state index in [-0.39, 0.29) is 32.7 Å². The van der Waals surface area contributed by atoms with E-state index in [1.165, 1.54) is 18.2 Å². The highest BCUT2D eigenvalue weighted by Gasteiger charge is 2.32. The van der Waals surface area contributed by atoms with Gasteiger partial charge < -0.3 is 5.11 Å². The number of hydrogen-bond donors (Lipinski definition) is 1. The van der Waals surface area contributed by atoms with Crippen molar-refractivity contribution in [3.05, 3.63) is 80.4 Å². The summed E-state index contributed by atoms with van der Waals surface area (Å²) in [6.07, 6.45) is 5.73. The van der Waals surface area contributed by atoms with Gasteiger partial charge in [0, 0.05) is 11.5 Å². The minimum absolute atomic E-state index is 0.0332. The molecule has 5 nitrogen and oxygen atoms in total. The van der Waals surface area contributed by atoms with Crippen molar-refractivity contribution in [2.45, 2.75) is 35.8 Å². The van der Waals surface area contributed by atoms with E-state index in [4.69, 9.17) is 23.2 Å². The normalized spacial score (nSPS) is 15.9. The van der Waals surface area contributed by atoms with Crippen molar-refractivity contribution in [2.75, 3.05) is 0 Å². The van der Waals surface area contributed by atoms with Gasteiger partial charge in [0.1, 0.15) is 6.07 Å². The largest absolute Gasteiger partial charge is 0.478 e. The molecule has 31 heavy (non-hydrogen) atoms. The zero-order valence-corrected chi connectivity index (χ0v) is 18.6. The second-order valence-corrected chi connectivity index (χ2v) is 10.5. The van der Waals surface area contributed by atoms with Crippen LogP contribution in [0.4, 0.5) is 0 Å². The number of carbonyl (C=O) groups is 1. The number of carboxylic acids is 1. The minimum atomic E-state index is -3.90. The smallest absolute Gasteiger partial charge is 0.335 e. The number of allylic oxidation sites excluding steroid dienone is 4. The number of halogens is 2. The van der Waals surface area contributed by atoms with Crippen LogP contribution in [0.1, 0.15) is 57.8 Å². The standard InChI is InChI=1S/C23H17Cl2NO4S/c24-18-5-3-14(8-18)20-10-21(25)16(11-26)7-17(20)12-31(29,30)22-9-15(23(27)28)4-6-19(22)13-1-2-13/h3-7,9-10,13H,1-2,8,12H2,(H,27,28). The molecule has 0 aromatic heterocycles. The Morgan fingerprint density at radius 2 is 1.90 bits per heavy atom. The summed E-state index contributed by atoms with van der Waals surface area (Å²) in [6, 6.07) is 9.34. The molecule has 1 fully saturated rings. The van der Waals surface area contributed by atoms with Gasteiger partial charge in [-0.1, -0.05) is 35.3 Å². The molecule has 2 aromatic carbocycles. The highest BCUT2D eigenvalue weighted by molar-refractivity contribution is 7.90. The van der Waals surface area contributed by atoms with Crippen LogP contribution in [0, 0.1) is 11.3 Å². The highest BCUT2D eigenvalue weighted by atomic mass is 35.5. The highest BCUT2D eigenvalue weighted by Crippen LogP contribution is 2.44. The van der Waals surface area contributed by atoms with Crippen molar-refractivity contribution < 1.29 is 18.3 Å². The first-order valence-electron chi connectivity index (χ1n) is 9.57. The van der Waals surface area contributed by atoms with Gasteiger partial charge >= 0.3 is 5.97 Å². The lowest BCUT2D eigenvalue weighted by molar-refractivity contribution is 0.0696. The van der Waals surface area contributed by atoms with Crippen molar-refractivity contribution in [1.82, 2.24) is 0 Å². The molecule has 0 radical (unpaired) electrons. The van der Waals surface area contributed by atoms with Gasteiger partial charge in [0.15, 0.2) is 9.84 Å². The molecule has 4 rings (SSSR count). The SMILES string of the molecule is N#Cc1cc(CS(=O)(=O)c2cc(C(=O)O)ccc2C2CC2)c(C2=CC=C(Cl)C2)cc1Cl. The molecule has 158 valence electrons. The summed E-state index contributed by atoms with van der Waals surface area (Å²) in [5, 5.41) is 19.6. The predicted octanol–water partition coefficient (Wildman–Crippen LogP) is 5.67. The molecule has 0 saturated heterocycles. The van der Waals surface area contributed by atoms with Crippen LogP contribution in [-0.2, 0) is 15.6 Å². The Morgan fingerprint density at radius 3 is 2.48 bits per heavy atom. The third kappa shape index (κ3) is 4.40. The summed E-state index contributed by atoms with van der Waals surface area (Å²) in [6.45, 7) is 0. The molecule has 1 N–H and O–H groups in total. The number of carboxylic acid groups (broad SMARTS) is 1. The van der Waals surface area contributed by atoms with Crippen LogP contribution in [0.2, 0.25) is 5.02 Å². The fourth-order valence-electron chi connectivity index (χ4n) is 3.75. The Morgan fingerprint density at radius 1 is 1.16 bits per heavy atom. The van der Waals surface area contributed by atoms with Gasteiger partial charge in [0.05, 0.1) is 26.8 Å². The number of nitriles is 1. The van der Waals surface area contributed by atoms with E-state index in [0.29, 0.717) is 28.1 Å². The average molecular weight is 474 g/mol. The third-order valence-corrected chi connectivity index (χ3v) is 7.73. The van der Waals surface area contributed by atoms with Crippen LogP contribution in [0.5, 0.6) is 0 Å². The molecule has 2 aliphatic rings. The molecule has 0 atom stereocenters.